The van der Waals surface area contributed by atoms with E-state index in [0.29, 0.717) is 22.5 Å². The first-order chi connectivity index (χ1) is 18.6. The lowest BCUT2D eigenvalue weighted by molar-refractivity contribution is -0.127. The number of amides is 2. The van der Waals surface area contributed by atoms with Crippen molar-refractivity contribution in [1.29, 1.82) is 0 Å². The van der Waals surface area contributed by atoms with Gasteiger partial charge in [-0.2, -0.15) is 0 Å². The van der Waals surface area contributed by atoms with Crippen LogP contribution in [0.25, 0.3) is 11.0 Å². The summed E-state index contributed by atoms with van der Waals surface area (Å²) in [6.45, 7) is -0.208. The van der Waals surface area contributed by atoms with Crippen molar-refractivity contribution in [3.63, 3.8) is 0 Å². The van der Waals surface area contributed by atoms with Crippen LogP contribution in [0.5, 0.6) is 5.75 Å². The number of rotatable bonds is 8. The van der Waals surface area contributed by atoms with E-state index in [4.69, 9.17) is 4.74 Å². The number of nitrogens with zero attached hydrogens (tertiary/aromatic N) is 4. The minimum Gasteiger partial charge on any atom is -0.495 e. The zero-order chi connectivity index (χ0) is 26.5. The van der Waals surface area contributed by atoms with Crippen LogP contribution >= 0.6 is 0 Å². The van der Waals surface area contributed by atoms with Gasteiger partial charge in [-0.1, -0.05) is 66.9 Å². The second-order valence-electron chi connectivity index (χ2n) is 9.44. The molecule has 1 aliphatic rings. The van der Waals surface area contributed by atoms with Gasteiger partial charge in [0.05, 0.1) is 18.3 Å². The number of nitrogens with one attached hydrogen (secondary N) is 1. The van der Waals surface area contributed by atoms with Gasteiger partial charge in [0.25, 0.3) is 0 Å². The monoisotopic (exact) mass is 515 g/mol. The molecule has 196 valence electrons. The van der Waals surface area contributed by atoms with Crippen molar-refractivity contribution in [2.24, 2.45) is 0 Å². The Balaban J connectivity index is 1.60. The molecule has 1 unspecified atom stereocenters. The molecule has 0 aliphatic heterocycles. The van der Waals surface area contributed by atoms with Gasteiger partial charge in [0.15, 0.2) is 0 Å². The number of fused-ring (bicyclic) bond motifs is 1. The van der Waals surface area contributed by atoms with Crippen molar-refractivity contribution in [3.8, 4) is 5.75 Å². The zero-order valence-electron chi connectivity index (χ0n) is 21.2. The molecule has 3 aromatic carbocycles. The normalized spacial score (nSPS) is 14.7. The Bertz CT molecular complexity index is 1430. The van der Waals surface area contributed by atoms with Gasteiger partial charge in [-0.25, -0.2) is 9.07 Å². The van der Waals surface area contributed by atoms with Crippen molar-refractivity contribution in [3.05, 3.63) is 84.2 Å². The number of methoxy groups -OCH3 is 1. The molecule has 1 fully saturated rings. The van der Waals surface area contributed by atoms with Crippen molar-refractivity contribution in [2.45, 2.75) is 50.7 Å². The highest BCUT2D eigenvalue weighted by Crippen LogP contribution is 2.36. The fourth-order valence-corrected chi connectivity index (χ4v) is 5.11. The Morgan fingerprint density at radius 2 is 1.74 bits per heavy atom. The predicted octanol–water partition coefficient (Wildman–Crippen LogP) is 4.80. The number of hydrogen-bond donors (Lipinski definition) is 1. The van der Waals surface area contributed by atoms with Gasteiger partial charge < -0.3 is 10.1 Å². The fourth-order valence-electron chi connectivity index (χ4n) is 5.11. The van der Waals surface area contributed by atoms with Crippen LogP contribution in [-0.4, -0.2) is 40.0 Å². The minimum atomic E-state index is -1.27. The third-order valence-corrected chi connectivity index (χ3v) is 6.98. The second-order valence-corrected chi connectivity index (χ2v) is 9.44. The highest BCUT2D eigenvalue weighted by atomic mass is 19.1. The molecule has 1 saturated carbocycles. The summed E-state index contributed by atoms with van der Waals surface area (Å²) in [6.07, 6.45) is 4.86. The minimum absolute atomic E-state index is 0.0283. The van der Waals surface area contributed by atoms with Crippen LogP contribution in [0.3, 0.4) is 0 Å². The molecule has 38 heavy (non-hydrogen) atoms. The lowest BCUT2D eigenvalue weighted by Gasteiger charge is -2.34. The first-order valence-electron chi connectivity index (χ1n) is 12.8. The maximum Gasteiger partial charge on any atom is 0.249 e. The summed E-state index contributed by atoms with van der Waals surface area (Å²) in [4.78, 5) is 29.4. The van der Waals surface area contributed by atoms with E-state index in [1.807, 2.05) is 18.2 Å². The lowest BCUT2D eigenvalue weighted by atomic mass is 9.94. The molecule has 0 bridgehead atoms. The second kappa shape index (κ2) is 11.4. The fraction of sp³-hybridized carbons (Fsp3) is 0.310. The smallest absolute Gasteiger partial charge is 0.249 e. The Morgan fingerprint density at radius 3 is 2.53 bits per heavy atom. The Hall–Kier alpha value is -4.27. The quantitative estimate of drug-likeness (QED) is 0.364. The summed E-state index contributed by atoms with van der Waals surface area (Å²) < 4.78 is 22.4. The molecule has 1 aliphatic carbocycles. The standard InChI is InChI=1S/C29H30FN5O3/c1-38-26-18-10-9-17-25(26)35(27(36)19-34-24-16-8-7-15-23(24)32-33-34)28(21-13-5-6-14-22(21)30)29(37)31-20-11-3-2-4-12-20/h5-10,13-18,20,28H,2-4,11-12,19H2,1H3,(H,31,37). The molecule has 0 saturated heterocycles. The predicted molar refractivity (Wildman–Crippen MR) is 142 cm³/mol. The van der Waals surface area contributed by atoms with Crippen LogP contribution in [0.15, 0.2) is 72.8 Å². The summed E-state index contributed by atoms with van der Waals surface area (Å²) in [7, 11) is 1.49. The SMILES string of the molecule is COc1ccccc1N(C(=O)Cn1nnc2ccccc21)C(C(=O)NC1CCCCC1)c1ccccc1F. The average Bonchev–Trinajstić information content (AvgIpc) is 3.35. The van der Waals surface area contributed by atoms with E-state index in [1.165, 1.54) is 22.8 Å². The number of halogens is 1. The highest BCUT2D eigenvalue weighted by Gasteiger charge is 2.37. The van der Waals surface area contributed by atoms with Gasteiger partial charge in [-0.05, 0) is 43.2 Å². The van der Waals surface area contributed by atoms with E-state index in [9.17, 15) is 9.59 Å². The van der Waals surface area contributed by atoms with Crippen molar-refractivity contribution < 1.29 is 18.7 Å². The van der Waals surface area contributed by atoms with E-state index in [-0.39, 0.29) is 18.2 Å². The van der Waals surface area contributed by atoms with Crippen molar-refractivity contribution >= 4 is 28.5 Å². The molecular formula is C29H30FN5O3. The first kappa shape index (κ1) is 25.4. The molecule has 8 nitrogen and oxygen atoms in total. The number of anilines is 1. The number of benzene rings is 3. The Kier molecular flexibility index (Phi) is 7.62. The van der Waals surface area contributed by atoms with Gasteiger partial charge in [-0.15, -0.1) is 5.10 Å². The van der Waals surface area contributed by atoms with Gasteiger partial charge in [0, 0.05) is 11.6 Å². The highest BCUT2D eigenvalue weighted by molar-refractivity contribution is 6.02. The third kappa shape index (κ3) is 5.22. The average molecular weight is 516 g/mol. The van der Waals surface area contributed by atoms with Crippen LogP contribution in [-0.2, 0) is 16.1 Å². The number of aromatic nitrogens is 3. The molecule has 1 N–H and O–H groups in total. The zero-order valence-corrected chi connectivity index (χ0v) is 21.2. The Morgan fingerprint density at radius 1 is 1.03 bits per heavy atom. The molecule has 0 spiro atoms. The molecule has 9 heteroatoms. The van der Waals surface area contributed by atoms with E-state index in [0.717, 1.165) is 32.1 Å². The largest absolute Gasteiger partial charge is 0.495 e. The topological polar surface area (TPSA) is 89.3 Å². The van der Waals surface area contributed by atoms with E-state index < -0.39 is 23.7 Å². The van der Waals surface area contributed by atoms with Gasteiger partial charge in [0.1, 0.15) is 29.7 Å². The molecule has 5 rings (SSSR count). The number of para-hydroxylation sites is 3. The lowest BCUT2D eigenvalue weighted by Crippen LogP contribution is -2.48. The number of carbonyl (C=O) groups is 2. The maximum atomic E-state index is 15.3. The molecule has 1 heterocycles. The van der Waals surface area contributed by atoms with Gasteiger partial charge in [0.2, 0.25) is 11.8 Å². The van der Waals surface area contributed by atoms with Crippen LogP contribution in [0.4, 0.5) is 10.1 Å². The third-order valence-electron chi connectivity index (χ3n) is 6.98. The number of carbonyl (C=O) groups excluding carboxylic acids is 2. The van der Waals surface area contributed by atoms with Crippen molar-refractivity contribution in [2.75, 3.05) is 12.0 Å². The summed E-state index contributed by atoms with van der Waals surface area (Å²) in [5.74, 6) is -1.09. The van der Waals surface area contributed by atoms with E-state index >= 15 is 4.39 Å². The number of hydrogen-bond acceptors (Lipinski definition) is 5. The first-order valence-corrected chi connectivity index (χ1v) is 12.8. The van der Waals surface area contributed by atoms with Crippen LogP contribution in [0.1, 0.15) is 43.7 Å². The molecule has 0 radical (unpaired) electrons. The summed E-state index contributed by atoms with van der Waals surface area (Å²) >= 11 is 0. The van der Waals surface area contributed by atoms with Gasteiger partial charge in [-0.3, -0.25) is 14.5 Å². The van der Waals surface area contributed by atoms with Gasteiger partial charge >= 0.3 is 0 Å². The molecule has 1 atom stereocenters. The maximum absolute atomic E-state index is 15.3. The summed E-state index contributed by atoms with van der Waals surface area (Å²) in [6, 6.07) is 19.0. The Labute approximate surface area is 220 Å². The summed E-state index contributed by atoms with van der Waals surface area (Å²) in [5.41, 5.74) is 1.78. The van der Waals surface area contributed by atoms with E-state index in [2.05, 4.69) is 15.6 Å². The van der Waals surface area contributed by atoms with Crippen LogP contribution in [0.2, 0.25) is 0 Å². The van der Waals surface area contributed by atoms with Crippen LogP contribution < -0.4 is 15.0 Å². The van der Waals surface area contributed by atoms with Crippen LogP contribution in [0, 0.1) is 5.82 Å². The van der Waals surface area contributed by atoms with Crippen molar-refractivity contribution in [1.82, 2.24) is 20.3 Å². The summed E-state index contributed by atoms with van der Waals surface area (Å²) in [5, 5.41) is 11.4. The number of ether oxygens (including phenoxy) is 1. The molecule has 2 amide bonds. The molecule has 4 aromatic rings. The molecule has 1 aromatic heterocycles. The molecular weight excluding hydrogens is 485 g/mol. The van der Waals surface area contributed by atoms with E-state index in [1.54, 1.807) is 48.5 Å².